The highest BCUT2D eigenvalue weighted by Crippen LogP contribution is 2.43. The average molecular weight is 495 g/mol. The number of ether oxygens (including phenoxy) is 1. The molecule has 1 aromatic carbocycles. The number of benzene rings is 1. The summed E-state index contributed by atoms with van der Waals surface area (Å²) in [6, 6.07) is 5.07. The third-order valence-electron chi connectivity index (χ3n) is 5.50. The van der Waals surface area contributed by atoms with Gasteiger partial charge in [-0.05, 0) is 74.2 Å². The molecule has 170 valence electrons. The lowest BCUT2D eigenvalue weighted by Crippen LogP contribution is -2.41. The van der Waals surface area contributed by atoms with E-state index in [9.17, 15) is 14.7 Å². The third kappa shape index (κ3) is 4.60. The van der Waals surface area contributed by atoms with E-state index in [2.05, 4.69) is 10.4 Å². The number of amides is 1. The number of carboxylic acid groups (broad SMARTS) is 1. The van der Waals surface area contributed by atoms with Crippen LogP contribution < -0.4 is 0 Å². The predicted molar refractivity (Wildman–Crippen MR) is 128 cm³/mol. The summed E-state index contributed by atoms with van der Waals surface area (Å²) in [5.41, 5.74) is 2.77. The Bertz CT molecular complexity index is 1170. The molecule has 1 fully saturated rings. The summed E-state index contributed by atoms with van der Waals surface area (Å²) in [5.74, 6) is -0.816. The smallest absolute Gasteiger partial charge is 0.410 e. The maximum Gasteiger partial charge on any atom is 0.410 e. The number of rotatable bonds is 3. The van der Waals surface area contributed by atoms with Crippen molar-refractivity contribution in [2.45, 2.75) is 45.1 Å². The number of hydrogen-bond acceptors (Lipinski definition) is 4. The molecule has 32 heavy (non-hydrogen) atoms. The second-order valence-corrected chi connectivity index (χ2v) is 10.7. The van der Waals surface area contributed by atoms with E-state index in [1.165, 1.54) is 11.3 Å². The molecule has 0 aliphatic carbocycles. The number of nitrogens with one attached hydrogen (secondary N) is 1. The van der Waals surface area contributed by atoms with Crippen molar-refractivity contribution >= 4 is 56.8 Å². The number of aromatic nitrogens is 1. The molecular formula is C23H24Cl2N2O4S. The molecule has 0 spiro atoms. The molecule has 2 aromatic heterocycles. The number of H-pyrrole nitrogens is 1. The van der Waals surface area contributed by atoms with E-state index in [1.54, 1.807) is 23.1 Å². The van der Waals surface area contributed by atoms with Crippen molar-refractivity contribution in [1.29, 1.82) is 0 Å². The van der Waals surface area contributed by atoms with Crippen molar-refractivity contribution < 1.29 is 19.4 Å². The quantitative estimate of drug-likeness (QED) is 0.409. The molecule has 0 bridgehead atoms. The zero-order valence-electron chi connectivity index (χ0n) is 18.0. The van der Waals surface area contributed by atoms with Gasteiger partial charge in [-0.15, -0.1) is 11.3 Å². The van der Waals surface area contributed by atoms with Crippen LogP contribution in [0.2, 0.25) is 10.0 Å². The Morgan fingerprint density at radius 1 is 1.16 bits per heavy atom. The summed E-state index contributed by atoms with van der Waals surface area (Å²) in [4.78, 5) is 29.2. The number of piperidine rings is 1. The fraction of sp³-hybridized carbons (Fsp3) is 0.391. The molecule has 1 aliphatic heterocycles. The summed E-state index contributed by atoms with van der Waals surface area (Å²) in [5, 5.41) is 12.8. The van der Waals surface area contributed by atoms with Crippen molar-refractivity contribution in [2.75, 3.05) is 13.1 Å². The van der Waals surface area contributed by atoms with Gasteiger partial charge in [0, 0.05) is 28.7 Å². The zero-order valence-corrected chi connectivity index (χ0v) is 20.3. The molecule has 0 radical (unpaired) electrons. The van der Waals surface area contributed by atoms with Crippen molar-refractivity contribution in [2.24, 2.45) is 0 Å². The number of fused-ring (bicyclic) bond motifs is 1. The third-order valence-corrected chi connectivity index (χ3v) is 6.95. The van der Waals surface area contributed by atoms with Gasteiger partial charge in [0.1, 0.15) is 11.3 Å². The molecular weight excluding hydrogens is 471 g/mol. The van der Waals surface area contributed by atoms with Crippen LogP contribution in [0.4, 0.5) is 4.79 Å². The normalized spacial score (nSPS) is 15.3. The van der Waals surface area contributed by atoms with E-state index < -0.39 is 11.6 Å². The van der Waals surface area contributed by atoms with Gasteiger partial charge in [0.25, 0.3) is 0 Å². The molecule has 0 unspecified atom stereocenters. The summed E-state index contributed by atoms with van der Waals surface area (Å²) in [7, 11) is 0. The number of halogens is 2. The van der Waals surface area contributed by atoms with Gasteiger partial charge in [-0.3, -0.25) is 0 Å². The molecule has 1 amide bonds. The second-order valence-electron chi connectivity index (χ2n) is 8.98. The van der Waals surface area contributed by atoms with Crippen molar-refractivity contribution in [1.82, 2.24) is 9.88 Å². The highest BCUT2D eigenvalue weighted by atomic mass is 35.5. The van der Waals surface area contributed by atoms with Gasteiger partial charge >= 0.3 is 12.1 Å². The topological polar surface area (TPSA) is 82.6 Å². The maximum absolute atomic E-state index is 12.4. The molecule has 0 saturated carbocycles. The summed E-state index contributed by atoms with van der Waals surface area (Å²) in [6.45, 7) is 6.77. The molecule has 3 aromatic rings. The minimum Gasteiger partial charge on any atom is -0.477 e. The Hall–Kier alpha value is -2.22. The first-order chi connectivity index (χ1) is 15.0. The van der Waals surface area contributed by atoms with Crippen molar-refractivity contribution in [3.8, 4) is 11.1 Å². The summed E-state index contributed by atoms with van der Waals surface area (Å²) in [6.07, 6.45) is 1.27. The van der Waals surface area contributed by atoms with E-state index in [0.29, 0.717) is 34.3 Å². The Labute approximate surface area is 200 Å². The van der Waals surface area contributed by atoms with Crippen LogP contribution in [0, 0.1) is 0 Å². The Kier molecular flexibility index (Phi) is 6.18. The van der Waals surface area contributed by atoms with E-state index in [4.69, 9.17) is 27.9 Å². The highest BCUT2D eigenvalue weighted by Gasteiger charge is 2.30. The van der Waals surface area contributed by atoms with Gasteiger partial charge in [0.05, 0.1) is 10.2 Å². The summed E-state index contributed by atoms with van der Waals surface area (Å²) < 4.78 is 6.35. The number of aromatic carboxylic acids is 1. The standard InChI is InChI=1S/C23H24Cl2N2O4S/c1-23(2,3)31-22(30)27-6-4-12(5-7-27)16-11-32-20-17(19(21(28)29)26-18(16)20)13-8-14(24)10-15(25)9-13/h8-12,26H,4-7H2,1-3H3,(H,28,29). The molecule has 6 nitrogen and oxygen atoms in total. The monoisotopic (exact) mass is 494 g/mol. The van der Waals surface area contributed by atoms with Gasteiger partial charge in [-0.1, -0.05) is 23.2 Å². The van der Waals surface area contributed by atoms with Crippen LogP contribution in [0.5, 0.6) is 0 Å². The number of thiophene rings is 1. The minimum atomic E-state index is -1.04. The Morgan fingerprint density at radius 3 is 2.34 bits per heavy atom. The lowest BCUT2D eigenvalue weighted by molar-refractivity contribution is 0.0205. The number of carboxylic acids is 1. The van der Waals surface area contributed by atoms with E-state index >= 15 is 0 Å². The lowest BCUT2D eigenvalue weighted by atomic mass is 9.90. The molecule has 0 atom stereocenters. The van der Waals surface area contributed by atoms with Gasteiger partial charge in [-0.2, -0.15) is 0 Å². The van der Waals surface area contributed by atoms with Crippen molar-refractivity contribution in [3.63, 3.8) is 0 Å². The largest absolute Gasteiger partial charge is 0.477 e. The fourth-order valence-electron chi connectivity index (χ4n) is 4.12. The van der Waals surface area contributed by atoms with Crippen LogP contribution in [0.25, 0.3) is 21.3 Å². The van der Waals surface area contributed by atoms with Gasteiger partial charge in [0.2, 0.25) is 0 Å². The zero-order chi connectivity index (χ0) is 23.2. The average Bonchev–Trinajstić information content (AvgIpc) is 3.25. The van der Waals surface area contributed by atoms with Crippen LogP contribution >= 0.6 is 34.5 Å². The molecule has 1 saturated heterocycles. The van der Waals surface area contributed by atoms with Crippen LogP contribution in [0.1, 0.15) is 55.6 Å². The minimum absolute atomic E-state index is 0.123. The van der Waals surface area contributed by atoms with Crippen molar-refractivity contribution in [3.05, 3.63) is 44.9 Å². The first-order valence-corrected chi connectivity index (χ1v) is 12.0. The number of nitrogens with zero attached hydrogens (tertiary/aromatic N) is 1. The van der Waals surface area contributed by atoms with E-state index in [0.717, 1.165) is 28.6 Å². The van der Waals surface area contributed by atoms with Crippen LogP contribution in [-0.4, -0.2) is 45.7 Å². The lowest BCUT2D eigenvalue weighted by Gasteiger charge is -2.33. The molecule has 9 heteroatoms. The van der Waals surface area contributed by atoms with E-state index in [1.807, 2.05) is 20.8 Å². The molecule has 4 rings (SSSR count). The predicted octanol–water partition coefficient (Wildman–Crippen LogP) is 7.02. The first-order valence-electron chi connectivity index (χ1n) is 10.3. The second kappa shape index (κ2) is 8.61. The van der Waals surface area contributed by atoms with E-state index in [-0.39, 0.29) is 17.7 Å². The highest BCUT2D eigenvalue weighted by molar-refractivity contribution is 7.18. The number of carbonyl (C=O) groups is 2. The molecule has 2 N–H and O–H groups in total. The van der Waals surface area contributed by atoms with Crippen LogP contribution in [0.3, 0.4) is 0 Å². The maximum atomic E-state index is 12.4. The van der Waals surface area contributed by atoms with Gasteiger partial charge < -0.3 is 19.7 Å². The van der Waals surface area contributed by atoms with Gasteiger partial charge in [0.15, 0.2) is 0 Å². The van der Waals surface area contributed by atoms with Gasteiger partial charge in [-0.25, -0.2) is 9.59 Å². The Balaban J connectivity index is 1.64. The number of hydrogen-bond donors (Lipinski definition) is 2. The SMILES string of the molecule is CC(C)(C)OC(=O)N1CCC(c2csc3c(-c4cc(Cl)cc(Cl)c4)c(C(=O)O)[nH]c23)CC1. The number of carbonyl (C=O) groups excluding carboxylic acids is 1. The summed E-state index contributed by atoms with van der Waals surface area (Å²) >= 11 is 13.9. The van der Waals surface area contributed by atoms with Crippen LogP contribution in [0.15, 0.2) is 23.6 Å². The molecule has 3 heterocycles. The molecule has 1 aliphatic rings. The number of aromatic amines is 1. The fourth-order valence-corrected chi connectivity index (χ4v) is 5.82. The first kappa shape index (κ1) is 23.0. The van der Waals surface area contributed by atoms with Crippen LogP contribution in [-0.2, 0) is 4.74 Å². The Morgan fingerprint density at radius 2 is 1.78 bits per heavy atom. The number of likely N-dealkylation sites (tertiary alicyclic amines) is 1.